The largest absolute Gasteiger partial charge is 0.355 e. The Balaban J connectivity index is 1.70. The fraction of sp³-hybridized carbons (Fsp3) is 0.517. The number of aryl methyl sites for hydroxylation is 1. The number of Topliss-reactive ketones (excluding diaryl/α,β-unsaturated/α-hetero) is 1. The highest BCUT2D eigenvalue weighted by Crippen LogP contribution is 2.65. The fourth-order valence-electron chi connectivity index (χ4n) is 5.04. The molecule has 2 aromatic rings. The number of likely N-dealkylation sites (N-methyl/N-ethyl adjacent to an activating group) is 1. The zero-order chi connectivity index (χ0) is 26.7. The van der Waals surface area contributed by atoms with E-state index in [1.54, 1.807) is 24.3 Å². The number of hydrogen-bond donors (Lipinski definition) is 1. The Morgan fingerprint density at radius 2 is 1.78 bits per heavy atom. The third-order valence-corrected chi connectivity index (χ3v) is 7.95. The topological polar surface area (TPSA) is 49.4 Å². The van der Waals surface area contributed by atoms with Crippen LogP contribution in [0.4, 0.5) is 8.78 Å². The van der Waals surface area contributed by atoms with Crippen LogP contribution in [0.25, 0.3) is 0 Å². The van der Waals surface area contributed by atoms with Gasteiger partial charge in [-0.15, -0.1) is 0 Å². The molecule has 7 heteroatoms. The molecule has 1 saturated carbocycles. The van der Waals surface area contributed by atoms with E-state index in [0.717, 1.165) is 23.6 Å². The average molecular weight is 519 g/mol. The maximum atomic E-state index is 14.6. The van der Waals surface area contributed by atoms with E-state index in [0.29, 0.717) is 42.8 Å². The van der Waals surface area contributed by atoms with E-state index < -0.39 is 17.3 Å². The van der Waals surface area contributed by atoms with Crippen molar-refractivity contribution >= 4 is 23.3 Å². The summed E-state index contributed by atoms with van der Waals surface area (Å²) in [6, 6.07) is 12.7. The standard InChI is InChI=1S/C29H37ClF2N2O2/c1-6-26(35)22-8-7-21(19(2)15-22)16-24(34(4)5)18-33-27(36)17-25(20-9-11-23(30)12-10-20)29(13-14-29)28(3,31)32/h7-12,15,24-25H,6,13-14,16-18H2,1-5H3,(H,33,36)/t24-,25-/m0/s1. The first-order valence-corrected chi connectivity index (χ1v) is 12.9. The van der Waals surface area contributed by atoms with Gasteiger partial charge in [0.2, 0.25) is 5.91 Å². The van der Waals surface area contributed by atoms with Crippen LogP contribution in [0.5, 0.6) is 0 Å². The van der Waals surface area contributed by atoms with Crippen LogP contribution in [0.1, 0.15) is 72.5 Å². The van der Waals surface area contributed by atoms with Crippen LogP contribution < -0.4 is 5.32 Å². The molecule has 1 fully saturated rings. The fourth-order valence-corrected chi connectivity index (χ4v) is 5.16. The van der Waals surface area contributed by atoms with Gasteiger partial charge in [-0.05, 0) is 82.1 Å². The molecule has 0 heterocycles. The van der Waals surface area contributed by atoms with Crippen LogP contribution >= 0.6 is 11.6 Å². The number of carbonyl (C=O) groups is 2. The molecule has 0 aromatic heterocycles. The van der Waals surface area contributed by atoms with Gasteiger partial charge in [-0.2, -0.15) is 0 Å². The van der Waals surface area contributed by atoms with Crippen molar-refractivity contribution in [3.05, 3.63) is 69.7 Å². The van der Waals surface area contributed by atoms with E-state index in [1.807, 2.05) is 51.0 Å². The van der Waals surface area contributed by atoms with Crippen LogP contribution in [-0.4, -0.2) is 49.2 Å². The molecule has 1 amide bonds. The molecule has 1 N–H and O–H groups in total. The second-order valence-corrected chi connectivity index (χ2v) is 10.8. The molecule has 0 unspecified atom stereocenters. The molecule has 0 saturated heterocycles. The Morgan fingerprint density at radius 1 is 1.14 bits per heavy atom. The minimum Gasteiger partial charge on any atom is -0.355 e. The SMILES string of the molecule is CCC(=O)c1ccc(C[C@@H](CNC(=O)C[C@@H](c2ccc(Cl)cc2)C2(C(C)(F)F)CC2)N(C)C)c(C)c1. The van der Waals surface area contributed by atoms with E-state index in [4.69, 9.17) is 11.6 Å². The van der Waals surface area contributed by atoms with Crippen molar-refractivity contribution in [2.75, 3.05) is 20.6 Å². The van der Waals surface area contributed by atoms with Crippen LogP contribution in [0.15, 0.2) is 42.5 Å². The molecule has 0 bridgehead atoms. The van der Waals surface area contributed by atoms with Crippen molar-refractivity contribution in [1.82, 2.24) is 10.2 Å². The van der Waals surface area contributed by atoms with Gasteiger partial charge in [0.15, 0.2) is 5.78 Å². The van der Waals surface area contributed by atoms with Crippen molar-refractivity contribution in [1.29, 1.82) is 0 Å². The molecule has 36 heavy (non-hydrogen) atoms. The second kappa shape index (κ2) is 11.4. The monoisotopic (exact) mass is 518 g/mol. The number of amides is 1. The number of alkyl halides is 2. The number of ketones is 1. The summed E-state index contributed by atoms with van der Waals surface area (Å²) in [5, 5.41) is 3.53. The summed E-state index contributed by atoms with van der Waals surface area (Å²) in [5.74, 6) is -3.59. The molecule has 0 radical (unpaired) electrons. The average Bonchev–Trinajstić information content (AvgIpc) is 3.63. The number of nitrogens with zero attached hydrogens (tertiary/aromatic N) is 1. The van der Waals surface area contributed by atoms with Crippen molar-refractivity contribution < 1.29 is 18.4 Å². The Kier molecular flexibility index (Phi) is 8.94. The summed E-state index contributed by atoms with van der Waals surface area (Å²) < 4.78 is 29.3. The van der Waals surface area contributed by atoms with Crippen LogP contribution in [0, 0.1) is 12.3 Å². The van der Waals surface area contributed by atoms with Gasteiger partial charge in [0.25, 0.3) is 5.92 Å². The Hall–Kier alpha value is -2.31. The third kappa shape index (κ3) is 6.51. The van der Waals surface area contributed by atoms with Crippen molar-refractivity contribution in [3.8, 4) is 0 Å². The Morgan fingerprint density at radius 3 is 2.28 bits per heavy atom. The highest BCUT2D eigenvalue weighted by molar-refractivity contribution is 6.30. The number of nitrogens with one attached hydrogen (secondary N) is 1. The molecule has 0 spiro atoms. The van der Waals surface area contributed by atoms with Crippen LogP contribution in [0.2, 0.25) is 5.02 Å². The first kappa shape index (κ1) is 28.3. The van der Waals surface area contributed by atoms with Crippen LogP contribution in [-0.2, 0) is 11.2 Å². The molecule has 196 valence electrons. The van der Waals surface area contributed by atoms with E-state index in [-0.39, 0.29) is 24.2 Å². The molecule has 2 atom stereocenters. The summed E-state index contributed by atoms with van der Waals surface area (Å²) in [5.41, 5.74) is 2.38. The molecule has 1 aliphatic rings. The van der Waals surface area contributed by atoms with E-state index in [2.05, 4.69) is 5.32 Å². The summed E-state index contributed by atoms with van der Waals surface area (Å²) in [6.45, 7) is 5.19. The Labute approximate surface area is 218 Å². The molecular formula is C29H37ClF2N2O2. The predicted octanol–water partition coefficient (Wildman–Crippen LogP) is 6.44. The molecule has 1 aliphatic carbocycles. The Bertz CT molecular complexity index is 1080. The lowest BCUT2D eigenvalue weighted by Crippen LogP contribution is -2.43. The molecular weight excluding hydrogens is 482 g/mol. The van der Waals surface area contributed by atoms with Gasteiger partial charge in [-0.25, -0.2) is 8.78 Å². The highest BCUT2D eigenvalue weighted by atomic mass is 35.5. The van der Waals surface area contributed by atoms with Crippen molar-refractivity contribution in [3.63, 3.8) is 0 Å². The van der Waals surface area contributed by atoms with Gasteiger partial charge in [-0.3, -0.25) is 9.59 Å². The molecule has 3 rings (SSSR count). The van der Waals surface area contributed by atoms with Gasteiger partial charge in [0, 0.05) is 47.3 Å². The maximum Gasteiger partial charge on any atom is 0.251 e. The zero-order valence-corrected chi connectivity index (χ0v) is 22.6. The predicted molar refractivity (Wildman–Crippen MR) is 141 cm³/mol. The summed E-state index contributed by atoms with van der Waals surface area (Å²) in [7, 11) is 3.91. The van der Waals surface area contributed by atoms with Crippen molar-refractivity contribution in [2.24, 2.45) is 5.41 Å². The third-order valence-electron chi connectivity index (χ3n) is 7.70. The molecule has 0 aliphatic heterocycles. The second-order valence-electron chi connectivity index (χ2n) is 10.4. The normalized spacial score (nSPS) is 16.5. The number of halogens is 3. The van der Waals surface area contributed by atoms with Gasteiger partial charge >= 0.3 is 0 Å². The molecule has 4 nitrogen and oxygen atoms in total. The quantitative estimate of drug-likeness (QED) is 0.329. The number of hydrogen-bond acceptors (Lipinski definition) is 3. The lowest BCUT2D eigenvalue weighted by atomic mass is 9.77. The first-order chi connectivity index (χ1) is 16.9. The number of rotatable bonds is 12. The number of carbonyl (C=O) groups excluding carboxylic acids is 2. The lowest BCUT2D eigenvalue weighted by molar-refractivity contribution is -0.123. The lowest BCUT2D eigenvalue weighted by Gasteiger charge is -2.32. The zero-order valence-electron chi connectivity index (χ0n) is 21.8. The molecule has 2 aromatic carbocycles. The van der Waals surface area contributed by atoms with E-state index >= 15 is 0 Å². The van der Waals surface area contributed by atoms with Gasteiger partial charge in [0.1, 0.15) is 0 Å². The smallest absolute Gasteiger partial charge is 0.251 e. The van der Waals surface area contributed by atoms with E-state index in [1.165, 1.54) is 0 Å². The number of benzene rings is 2. The van der Waals surface area contributed by atoms with Gasteiger partial charge < -0.3 is 10.2 Å². The summed E-state index contributed by atoms with van der Waals surface area (Å²) >= 11 is 6.02. The minimum atomic E-state index is -2.88. The van der Waals surface area contributed by atoms with E-state index in [9.17, 15) is 18.4 Å². The minimum absolute atomic E-state index is 0.00192. The first-order valence-electron chi connectivity index (χ1n) is 12.6. The van der Waals surface area contributed by atoms with Crippen LogP contribution in [0.3, 0.4) is 0 Å². The van der Waals surface area contributed by atoms with Crippen molar-refractivity contribution in [2.45, 2.75) is 70.8 Å². The highest BCUT2D eigenvalue weighted by Gasteiger charge is 2.63. The maximum absolute atomic E-state index is 14.6. The van der Waals surface area contributed by atoms with Gasteiger partial charge in [0.05, 0.1) is 0 Å². The summed E-state index contributed by atoms with van der Waals surface area (Å²) in [6.07, 6.45) is 1.95. The van der Waals surface area contributed by atoms with Gasteiger partial charge in [-0.1, -0.05) is 42.8 Å². The summed E-state index contributed by atoms with van der Waals surface area (Å²) in [4.78, 5) is 27.1.